The molecule has 1 aromatic carbocycles. The van der Waals surface area contributed by atoms with Crippen LogP contribution in [0.4, 0.5) is 0 Å². The van der Waals surface area contributed by atoms with E-state index >= 15 is 0 Å². The van der Waals surface area contributed by atoms with Crippen LogP contribution in [0.25, 0.3) is 0 Å². The molecule has 0 saturated carbocycles. The Morgan fingerprint density at radius 3 is 2.29 bits per heavy atom. The first kappa shape index (κ1) is 14.2. The minimum Gasteiger partial charge on any atom is -0.329 e. The lowest BCUT2D eigenvalue weighted by molar-refractivity contribution is 0.454. The van der Waals surface area contributed by atoms with Crippen molar-refractivity contribution in [1.82, 2.24) is 4.72 Å². The lowest BCUT2D eigenvalue weighted by Crippen LogP contribution is -2.44. The van der Waals surface area contributed by atoms with Crippen molar-refractivity contribution in [2.24, 2.45) is 11.7 Å². The summed E-state index contributed by atoms with van der Waals surface area (Å²) < 4.78 is 26.5. The lowest BCUT2D eigenvalue weighted by atomic mass is 10.1. The van der Waals surface area contributed by atoms with E-state index in [9.17, 15) is 8.42 Å². The molecule has 0 aliphatic rings. The molecule has 1 rings (SSSR count). The van der Waals surface area contributed by atoms with Gasteiger partial charge in [-0.05, 0) is 11.5 Å². The van der Waals surface area contributed by atoms with Crippen molar-refractivity contribution in [2.45, 2.75) is 25.6 Å². The zero-order chi connectivity index (χ0) is 12.9. The highest BCUT2D eigenvalue weighted by molar-refractivity contribution is 7.88. The second-order valence-corrected chi connectivity index (χ2v) is 6.20. The van der Waals surface area contributed by atoms with Gasteiger partial charge in [0.1, 0.15) is 0 Å². The van der Waals surface area contributed by atoms with Crippen molar-refractivity contribution in [2.75, 3.05) is 6.54 Å². The third-order valence-corrected chi connectivity index (χ3v) is 3.96. The van der Waals surface area contributed by atoms with Crippen molar-refractivity contribution in [1.29, 1.82) is 0 Å². The largest absolute Gasteiger partial charge is 0.329 e. The van der Waals surface area contributed by atoms with Crippen LogP contribution in [0.2, 0.25) is 0 Å². The predicted octanol–water partition coefficient (Wildman–Crippen LogP) is 1.09. The predicted molar refractivity (Wildman–Crippen MR) is 69.9 cm³/mol. The second kappa shape index (κ2) is 6.14. The molecule has 0 spiro atoms. The molecule has 0 radical (unpaired) electrons. The van der Waals surface area contributed by atoms with Gasteiger partial charge in [-0.3, -0.25) is 0 Å². The topological polar surface area (TPSA) is 72.2 Å². The first-order chi connectivity index (χ1) is 7.94. The van der Waals surface area contributed by atoms with Crippen LogP contribution in [0, 0.1) is 5.92 Å². The number of benzene rings is 1. The molecule has 0 aliphatic carbocycles. The SMILES string of the molecule is CC(C)C(CN)NS(=O)(=O)Cc1ccccc1. The molecule has 0 aromatic heterocycles. The molecular formula is C12H20N2O2S. The number of hydrogen-bond acceptors (Lipinski definition) is 3. The first-order valence-electron chi connectivity index (χ1n) is 5.68. The Morgan fingerprint density at radius 1 is 1.24 bits per heavy atom. The minimum absolute atomic E-state index is 0.00292. The van der Waals surface area contributed by atoms with Gasteiger partial charge in [0.15, 0.2) is 0 Å². The summed E-state index contributed by atoms with van der Waals surface area (Å²) in [5, 5.41) is 0. The molecule has 96 valence electrons. The molecule has 3 N–H and O–H groups in total. The standard InChI is InChI=1S/C12H20N2O2S/c1-10(2)12(8-13)14-17(15,16)9-11-6-4-3-5-7-11/h3-7,10,12,14H,8-9,13H2,1-2H3. The summed E-state index contributed by atoms with van der Waals surface area (Å²) in [6.45, 7) is 4.21. The zero-order valence-corrected chi connectivity index (χ0v) is 11.1. The number of sulfonamides is 1. The maximum absolute atomic E-state index is 11.9. The van der Waals surface area contributed by atoms with E-state index in [1.54, 1.807) is 12.1 Å². The number of rotatable bonds is 6. The molecule has 5 heteroatoms. The van der Waals surface area contributed by atoms with E-state index in [2.05, 4.69) is 4.72 Å². The van der Waals surface area contributed by atoms with Crippen LogP contribution < -0.4 is 10.5 Å². The first-order valence-corrected chi connectivity index (χ1v) is 7.34. The molecule has 1 atom stereocenters. The molecule has 0 fully saturated rings. The van der Waals surface area contributed by atoms with E-state index in [1.165, 1.54) is 0 Å². The Morgan fingerprint density at radius 2 is 1.82 bits per heavy atom. The molecule has 17 heavy (non-hydrogen) atoms. The summed E-state index contributed by atoms with van der Waals surface area (Å²) in [6.07, 6.45) is 0. The summed E-state index contributed by atoms with van der Waals surface area (Å²) in [5.41, 5.74) is 6.32. The van der Waals surface area contributed by atoms with E-state index in [0.717, 1.165) is 5.56 Å². The van der Waals surface area contributed by atoms with E-state index in [4.69, 9.17) is 5.73 Å². The van der Waals surface area contributed by atoms with Gasteiger partial charge in [0.2, 0.25) is 10.0 Å². The van der Waals surface area contributed by atoms with Gasteiger partial charge >= 0.3 is 0 Å². The van der Waals surface area contributed by atoms with Crippen molar-refractivity contribution in [3.05, 3.63) is 35.9 Å². The smallest absolute Gasteiger partial charge is 0.216 e. The van der Waals surface area contributed by atoms with Crippen molar-refractivity contribution in [3.8, 4) is 0 Å². The highest BCUT2D eigenvalue weighted by Crippen LogP contribution is 2.07. The number of nitrogens with two attached hydrogens (primary N) is 1. The maximum Gasteiger partial charge on any atom is 0.216 e. The monoisotopic (exact) mass is 256 g/mol. The third-order valence-electron chi connectivity index (χ3n) is 2.59. The number of hydrogen-bond donors (Lipinski definition) is 2. The van der Waals surface area contributed by atoms with E-state index in [1.807, 2.05) is 32.0 Å². The molecular weight excluding hydrogens is 236 g/mol. The molecule has 0 bridgehead atoms. The second-order valence-electron chi connectivity index (χ2n) is 4.45. The molecule has 0 saturated heterocycles. The van der Waals surface area contributed by atoms with Crippen LogP contribution in [0.1, 0.15) is 19.4 Å². The molecule has 0 amide bonds. The zero-order valence-electron chi connectivity index (χ0n) is 10.3. The van der Waals surface area contributed by atoms with Crippen LogP contribution >= 0.6 is 0 Å². The minimum atomic E-state index is -3.32. The van der Waals surface area contributed by atoms with Gasteiger partial charge in [0, 0.05) is 12.6 Å². The van der Waals surface area contributed by atoms with Gasteiger partial charge in [-0.25, -0.2) is 13.1 Å². The van der Waals surface area contributed by atoms with Crippen molar-refractivity contribution < 1.29 is 8.42 Å². The Hall–Kier alpha value is -0.910. The van der Waals surface area contributed by atoms with Gasteiger partial charge in [-0.15, -0.1) is 0 Å². The molecule has 1 unspecified atom stereocenters. The summed E-state index contributed by atoms with van der Waals surface area (Å²) in [4.78, 5) is 0. The van der Waals surface area contributed by atoms with Gasteiger partial charge < -0.3 is 5.73 Å². The molecule has 1 aromatic rings. The van der Waals surface area contributed by atoms with Crippen LogP contribution in [0.5, 0.6) is 0 Å². The Balaban J connectivity index is 2.70. The fourth-order valence-corrected chi connectivity index (χ4v) is 3.07. The van der Waals surface area contributed by atoms with Gasteiger partial charge in [-0.2, -0.15) is 0 Å². The van der Waals surface area contributed by atoms with E-state index in [-0.39, 0.29) is 17.7 Å². The highest BCUT2D eigenvalue weighted by Gasteiger charge is 2.19. The summed E-state index contributed by atoms with van der Waals surface area (Å²) in [5.74, 6) is 0.183. The molecule has 0 aliphatic heterocycles. The lowest BCUT2D eigenvalue weighted by Gasteiger charge is -2.20. The average molecular weight is 256 g/mol. The van der Waals surface area contributed by atoms with Crippen molar-refractivity contribution >= 4 is 10.0 Å². The quantitative estimate of drug-likeness (QED) is 0.800. The summed E-state index contributed by atoms with van der Waals surface area (Å²) in [7, 11) is -3.32. The van der Waals surface area contributed by atoms with E-state index in [0.29, 0.717) is 6.54 Å². The summed E-state index contributed by atoms with van der Waals surface area (Å²) >= 11 is 0. The van der Waals surface area contributed by atoms with Crippen LogP contribution in [0.3, 0.4) is 0 Å². The Kier molecular flexibility index (Phi) is 5.11. The molecule has 4 nitrogen and oxygen atoms in total. The molecule has 0 heterocycles. The Labute approximate surface area is 103 Å². The summed E-state index contributed by atoms with van der Waals surface area (Å²) in [6, 6.07) is 8.91. The van der Waals surface area contributed by atoms with E-state index < -0.39 is 10.0 Å². The highest BCUT2D eigenvalue weighted by atomic mass is 32.2. The Bertz CT molecular complexity index is 429. The number of nitrogens with one attached hydrogen (secondary N) is 1. The van der Waals surface area contributed by atoms with Gasteiger partial charge in [-0.1, -0.05) is 44.2 Å². The fourth-order valence-electron chi connectivity index (χ4n) is 1.52. The average Bonchev–Trinajstić information content (AvgIpc) is 2.26. The van der Waals surface area contributed by atoms with Crippen LogP contribution in [-0.4, -0.2) is 21.0 Å². The van der Waals surface area contributed by atoms with Crippen molar-refractivity contribution in [3.63, 3.8) is 0 Å². The fraction of sp³-hybridized carbons (Fsp3) is 0.500. The van der Waals surface area contributed by atoms with Crippen LogP contribution in [0.15, 0.2) is 30.3 Å². The third kappa shape index (κ3) is 4.85. The normalized spacial score (nSPS) is 13.9. The van der Waals surface area contributed by atoms with Crippen LogP contribution in [-0.2, 0) is 15.8 Å². The van der Waals surface area contributed by atoms with Gasteiger partial charge in [0.25, 0.3) is 0 Å². The van der Waals surface area contributed by atoms with Gasteiger partial charge in [0.05, 0.1) is 5.75 Å². The maximum atomic E-state index is 11.9.